The summed E-state index contributed by atoms with van der Waals surface area (Å²) in [6.45, 7) is 0.0428. The molecule has 0 spiro atoms. The Bertz CT molecular complexity index is 144. The average Bonchev–Trinajstić information content (AvgIpc) is 2.09. The van der Waals surface area contributed by atoms with Crippen molar-refractivity contribution in [3.8, 4) is 6.07 Å². The minimum absolute atomic E-state index is 0.0428. The number of rotatable bonds is 2. The number of aliphatic hydroxyl groups is 1. The number of hydrogen-bond donors (Lipinski definition) is 1. The summed E-state index contributed by atoms with van der Waals surface area (Å²) in [5, 5.41) is 17.5. The highest BCUT2D eigenvalue weighted by atomic mass is 16.3. The molecule has 62 valence electrons. The molecule has 11 heavy (non-hydrogen) atoms. The van der Waals surface area contributed by atoms with Gasteiger partial charge in [0, 0.05) is 0 Å². The maximum absolute atomic E-state index is 8.86. The van der Waals surface area contributed by atoms with Gasteiger partial charge in [0.2, 0.25) is 0 Å². The van der Waals surface area contributed by atoms with Gasteiger partial charge in [0.25, 0.3) is 0 Å². The standard InChI is InChI=1S/C9H15NO/c10-6-9(7-11)8-4-2-1-3-5-8/h8-9,11H,1-5,7H2. The minimum Gasteiger partial charge on any atom is -0.395 e. The van der Waals surface area contributed by atoms with Crippen LogP contribution in [0.15, 0.2) is 0 Å². The maximum Gasteiger partial charge on any atom is 0.0722 e. The lowest BCUT2D eigenvalue weighted by Crippen LogP contribution is -2.19. The van der Waals surface area contributed by atoms with Crippen LogP contribution in [-0.2, 0) is 0 Å². The van der Waals surface area contributed by atoms with Crippen molar-refractivity contribution < 1.29 is 5.11 Å². The summed E-state index contributed by atoms with van der Waals surface area (Å²) in [6, 6.07) is 2.17. The van der Waals surface area contributed by atoms with Gasteiger partial charge >= 0.3 is 0 Å². The highest BCUT2D eigenvalue weighted by Crippen LogP contribution is 2.29. The predicted octanol–water partition coefficient (Wildman–Crippen LogP) is 1.70. The van der Waals surface area contributed by atoms with Crippen LogP contribution in [0.5, 0.6) is 0 Å². The molecule has 0 radical (unpaired) electrons. The molecular weight excluding hydrogens is 138 g/mol. The molecule has 1 N–H and O–H groups in total. The summed E-state index contributed by atoms with van der Waals surface area (Å²) in [4.78, 5) is 0. The van der Waals surface area contributed by atoms with E-state index in [9.17, 15) is 0 Å². The van der Waals surface area contributed by atoms with Crippen molar-refractivity contribution in [2.45, 2.75) is 32.1 Å². The van der Waals surface area contributed by atoms with E-state index in [0.717, 1.165) is 12.8 Å². The maximum atomic E-state index is 8.86. The lowest BCUT2D eigenvalue weighted by atomic mass is 9.81. The van der Waals surface area contributed by atoms with Crippen LogP contribution in [-0.4, -0.2) is 11.7 Å². The third kappa shape index (κ3) is 2.20. The Hall–Kier alpha value is -0.550. The van der Waals surface area contributed by atoms with E-state index in [2.05, 4.69) is 6.07 Å². The van der Waals surface area contributed by atoms with Crippen LogP contribution in [0.4, 0.5) is 0 Å². The lowest BCUT2D eigenvalue weighted by molar-refractivity contribution is 0.184. The first-order valence-electron chi connectivity index (χ1n) is 4.39. The molecule has 2 heteroatoms. The number of nitrogens with zero attached hydrogens (tertiary/aromatic N) is 1. The molecule has 1 unspecified atom stereocenters. The first-order chi connectivity index (χ1) is 5.38. The van der Waals surface area contributed by atoms with Gasteiger partial charge in [0.05, 0.1) is 18.6 Å². The van der Waals surface area contributed by atoms with Crippen molar-refractivity contribution in [1.29, 1.82) is 5.26 Å². The molecule has 0 bridgehead atoms. The molecule has 0 amide bonds. The van der Waals surface area contributed by atoms with Crippen LogP contribution in [0.1, 0.15) is 32.1 Å². The second-order valence-corrected chi connectivity index (χ2v) is 3.32. The summed E-state index contributed by atoms with van der Waals surface area (Å²) >= 11 is 0. The smallest absolute Gasteiger partial charge is 0.0722 e. The highest BCUT2D eigenvalue weighted by Gasteiger charge is 2.22. The Kier molecular flexibility index (Phi) is 3.38. The van der Waals surface area contributed by atoms with Crippen LogP contribution in [0.2, 0.25) is 0 Å². The summed E-state index contributed by atoms with van der Waals surface area (Å²) in [7, 11) is 0. The molecule has 1 rings (SSSR count). The van der Waals surface area contributed by atoms with E-state index in [-0.39, 0.29) is 12.5 Å². The molecule has 0 aromatic carbocycles. The zero-order valence-electron chi connectivity index (χ0n) is 6.79. The average molecular weight is 153 g/mol. The van der Waals surface area contributed by atoms with Crippen LogP contribution in [0.3, 0.4) is 0 Å². The zero-order valence-corrected chi connectivity index (χ0v) is 6.79. The zero-order chi connectivity index (χ0) is 8.10. The summed E-state index contributed by atoms with van der Waals surface area (Å²) in [5.74, 6) is 0.369. The Morgan fingerprint density at radius 3 is 2.45 bits per heavy atom. The number of nitriles is 1. The van der Waals surface area contributed by atoms with E-state index < -0.39 is 0 Å². The fourth-order valence-electron chi connectivity index (χ4n) is 1.83. The summed E-state index contributed by atoms with van der Waals surface area (Å²) < 4.78 is 0. The van der Waals surface area contributed by atoms with Crippen molar-refractivity contribution in [3.63, 3.8) is 0 Å². The molecule has 1 saturated carbocycles. The Balaban J connectivity index is 2.38. The van der Waals surface area contributed by atoms with Crippen LogP contribution < -0.4 is 0 Å². The third-order valence-corrected chi connectivity index (χ3v) is 2.58. The van der Waals surface area contributed by atoms with Gasteiger partial charge in [-0.2, -0.15) is 5.26 Å². The molecule has 1 fully saturated rings. The first-order valence-corrected chi connectivity index (χ1v) is 4.39. The normalized spacial score (nSPS) is 22.5. The molecule has 2 nitrogen and oxygen atoms in total. The molecular formula is C9H15NO. The Morgan fingerprint density at radius 1 is 1.36 bits per heavy atom. The van der Waals surface area contributed by atoms with Gasteiger partial charge in [0.1, 0.15) is 0 Å². The van der Waals surface area contributed by atoms with E-state index in [1.54, 1.807) is 0 Å². The third-order valence-electron chi connectivity index (χ3n) is 2.58. The first kappa shape index (κ1) is 8.55. The fraction of sp³-hybridized carbons (Fsp3) is 0.889. The molecule has 1 aliphatic rings. The molecule has 0 aliphatic heterocycles. The van der Waals surface area contributed by atoms with Gasteiger partial charge in [-0.15, -0.1) is 0 Å². The van der Waals surface area contributed by atoms with E-state index in [1.807, 2.05) is 0 Å². The number of hydrogen-bond acceptors (Lipinski definition) is 2. The van der Waals surface area contributed by atoms with Gasteiger partial charge in [-0.1, -0.05) is 19.3 Å². The topological polar surface area (TPSA) is 44.0 Å². The van der Waals surface area contributed by atoms with Crippen molar-refractivity contribution in [2.75, 3.05) is 6.61 Å². The molecule has 0 aromatic rings. The summed E-state index contributed by atoms with van der Waals surface area (Å²) in [5.41, 5.74) is 0. The number of aliphatic hydroxyl groups excluding tert-OH is 1. The monoisotopic (exact) mass is 153 g/mol. The van der Waals surface area contributed by atoms with E-state index in [1.165, 1.54) is 19.3 Å². The SMILES string of the molecule is N#CC(CO)C1CCCCC1. The van der Waals surface area contributed by atoms with Crippen molar-refractivity contribution in [3.05, 3.63) is 0 Å². The van der Waals surface area contributed by atoms with Crippen molar-refractivity contribution in [2.24, 2.45) is 11.8 Å². The predicted molar refractivity (Wildman–Crippen MR) is 42.8 cm³/mol. The van der Waals surface area contributed by atoms with Gasteiger partial charge in [-0.05, 0) is 18.8 Å². The minimum atomic E-state index is -0.102. The molecule has 1 atom stereocenters. The second-order valence-electron chi connectivity index (χ2n) is 3.32. The second kappa shape index (κ2) is 4.35. The summed E-state index contributed by atoms with van der Waals surface area (Å²) in [6.07, 6.45) is 6.06. The highest BCUT2D eigenvalue weighted by molar-refractivity contribution is 4.88. The van der Waals surface area contributed by atoms with Gasteiger partial charge in [0.15, 0.2) is 0 Å². The van der Waals surface area contributed by atoms with E-state index >= 15 is 0 Å². The fourth-order valence-corrected chi connectivity index (χ4v) is 1.83. The molecule has 1 aliphatic carbocycles. The quantitative estimate of drug-likeness (QED) is 0.656. The van der Waals surface area contributed by atoms with Crippen LogP contribution in [0.25, 0.3) is 0 Å². The van der Waals surface area contributed by atoms with Gasteiger partial charge < -0.3 is 5.11 Å². The largest absolute Gasteiger partial charge is 0.395 e. The molecule has 0 aromatic heterocycles. The lowest BCUT2D eigenvalue weighted by Gasteiger charge is -2.24. The molecule has 0 heterocycles. The van der Waals surface area contributed by atoms with E-state index in [0.29, 0.717) is 5.92 Å². The van der Waals surface area contributed by atoms with Crippen molar-refractivity contribution in [1.82, 2.24) is 0 Å². The van der Waals surface area contributed by atoms with E-state index in [4.69, 9.17) is 10.4 Å². The van der Waals surface area contributed by atoms with Crippen LogP contribution >= 0.6 is 0 Å². The Morgan fingerprint density at radius 2 is 2.00 bits per heavy atom. The Labute approximate surface area is 67.8 Å². The molecule has 0 saturated heterocycles. The van der Waals surface area contributed by atoms with Gasteiger partial charge in [-0.3, -0.25) is 0 Å². The van der Waals surface area contributed by atoms with Crippen molar-refractivity contribution >= 4 is 0 Å². The van der Waals surface area contributed by atoms with Crippen LogP contribution in [0, 0.1) is 23.2 Å². The van der Waals surface area contributed by atoms with Gasteiger partial charge in [-0.25, -0.2) is 0 Å².